The molecule has 4 nitrogen and oxygen atoms in total. The number of ether oxygens (including phenoxy) is 1. The summed E-state index contributed by atoms with van der Waals surface area (Å²) in [6, 6.07) is 8.84. The van der Waals surface area contributed by atoms with Crippen molar-refractivity contribution in [3.8, 4) is 5.75 Å². The van der Waals surface area contributed by atoms with Gasteiger partial charge in [-0.25, -0.2) is 0 Å². The lowest BCUT2D eigenvalue weighted by atomic mass is 10.2. The lowest BCUT2D eigenvalue weighted by Gasteiger charge is -2.12. The SMILES string of the molecule is CCCOc1ccc(C=O)cc1NC(=O)Cc1cccs1. The van der Waals surface area contributed by atoms with Gasteiger partial charge in [0, 0.05) is 10.4 Å². The van der Waals surface area contributed by atoms with Crippen molar-refractivity contribution in [3.05, 3.63) is 46.2 Å². The van der Waals surface area contributed by atoms with E-state index >= 15 is 0 Å². The van der Waals surface area contributed by atoms with E-state index < -0.39 is 0 Å². The van der Waals surface area contributed by atoms with E-state index in [2.05, 4.69) is 5.32 Å². The quantitative estimate of drug-likeness (QED) is 0.796. The van der Waals surface area contributed by atoms with Crippen LogP contribution in [0.3, 0.4) is 0 Å². The highest BCUT2D eigenvalue weighted by molar-refractivity contribution is 7.10. The minimum Gasteiger partial charge on any atom is -0.491 e. The average molecular weight is 303 g/mol. The van der Waals surface area contributed by atoms with Gasteiger partial charge in [-0.15, -0.1) is 11.3 Å². The number of hydrogen-bond donors (Lipinski definition) is 1. The second kappa shape index (κ2) is 7.59. The highest BCUT2D eigenvalue weighted by Crippen LogP contribution is 2.26. The first-order valence-electron chi connectivity index (χ1n) is 6.77. The summed E-state index contributed by atoms with van der Waals surface area (Å²) in [6.07, 6.45) is 1.94. The number of hydrogen-bond acceptors (Lipinski definition) is 4. The second-order valence-electron chi connectivity index (χ2n) is 4.53. The van der Waals surface area contributed by atoms with Crippen molar-refractivity contribution in [2.45, 2.75) is 19.8 Å². The summed E-state index contributed by atoms with van der Waals surface area (Å²) in [5.74, 6) is 0.462. The van der Waals surface area contributed by atoms with E-state index in [1.807, 2.05) is 24.4 Å². The van der Waals surface area contributed by atoms with Crippen molar-refractivity contribution in [2.75, 3.05) is 11.9 Å². The molecular formula is C16H17NO3S. The molecule has 5 heteroatoms. The maximum atomic E-state index is 12.1. The summed E-state index contributed by atoms with van der Waals surface area (Å²) in [5, 5.41) is 4.75. The molecule has 0 unspecified atom stereocenters. The maximum absolute atomic E-state index is 12.1. The van der Waals surface area contributed by atoms with Gasteiger partial charge >= 0.3 is 0 Å². The molecule has 2 aromatic rings. The lowest BCUT2D eigenvalue weighted by Crippen LogP contribution is -2.15. The second-order valence-corrected chi connectivity index (χ2v) is 5.56. The Morgan fingerprint density at radius 3 is 2.90 bits per heavy atom. The van der Waals surface area contributed by atoms with Gasteiger partial charge in [-0.1, -0.05) is 13.0 Å². The minimum absolute atomic E-state index is 0.123. The van der Waals surface area contributed by atoms with Crippen LogP contribution >= 0.6 is 11.3 Å². The molecule has 0 atom stereocenters. The normalized spacial score (nSPS) is 10.1. The van der Waals surface area contributed by atoms with Crippen LogP contribution in [0.15, 0.2) is 35.7 Å². The van der Waals surface area contributed by atoms with Crippen LogP contribution < -0.4 is 10.1 Å². The first-order chi connectivity index (χ1) is 10.2. The van der Waals surface area contributed by atoms with E-state index in [4.69, 9.17) is 4.74 Å². The summed E-state index contributed by atoms with van der Waals surface area (Å²) in [6.45, 7) is 2.57. The van der Waals surface area contributed by atoms with Gasteiger partial charge in [0.25, 0.3) is 0 Å². The average Bonchev–Trinajstić information content (AvgIpc) is 2.98. The van der Waals surface area contributed by atoms with E-state index in [9.17, 15) is 9.59 Å². The number of carbonyl (C=O) groups is 2. The summed E-state index contributed by atoms with van der Waals surface area (Å²) >= 11 is 1.54. The Balaban J connectivity index is 2.11. The van der Waals surface area contributed by atoms with E-state index in [-0.39, 0.29) is 5.91 Å². The molecular weight excluding hydrogens is 286 g/mol. The molecule has 0 aliphatic carbocycles. The van der Waals surface area contributed by atoms with Gasteiger partial charge in [0.1, 0.15) is 12.0 Å². The number of aldehydes is 1. The Hall–Kier alpha value is -2.14. The zero-order valence-corrected chi connectivity index (χ0v) is 12.6. The Labute approximate surface area is 127 Å². The summed E-state index contributed by atoms with van der Waals surface area (Å²) in [7, 11) is 0. The minimum atomic E-state index is -0.123. The predicted octanol–water partition coefficient (Wildman–Crippen LogP) is 3.53. The van der Waals surface area contributed by atoms with Gasteiger partial charge in [0.05, 0.1) is 18.7 Å². The van der Waals surface area contributed by atoms with Gasteiger partial charge in [-0.3, -0.25) is 9.59 Å². The van der Waals surface area contributed by atoms with Crippen molar-refractivity contribution in [1.29, 1.82) is 0 Å². The molecule has 1 aromatic carbocycles. The molecule has 0 bridgehead atoms. The topological polar surface area (TPSA) is 55.4 Å². The molecule has 0 aliphatic rings. The first kappa shape index (κ1) is 15.3. The van der Waals surface area contributed by atoms with E-state index in [1.54, 1.807) is 18.2 Å². The van der Waals surface area contributed by atoms with Crippen molar-refractivity contribution in [2.24, 2.45) is 0 Å². The maximum Gasteiger partial charge on any atom is 0.229 e. The molecule has 2 rings (SSSR count). The van der Waals surface area contributed by atoms with E-state index in [1.165, 1.54) is 11.3 Å². The van der Waals surface area contributed by atoms with Crippen molar-refractivity contribution in [3.63, 3.8) is 0 Å². The molecule has 0 aliphatic heterocycles. The summed E-state index contributed by atoms with van der Waals surface area (Å²) in [5.41, 5.74) is 1.04. The highest BCUT2D eigenvalue weighted by atomic mass is 32.1. The number of benzene rings is 1. The molecule has 1 heterocycles. The Kier molecular flexibility index (Phi) is 5.51. The van der Waals surface area contributed by atoms with Crippen LogP contribution in [0.2, 0.25) is 0 Å². The third-order valence-electron chi connectivity index (χ3n) is 2.79. The molecule has 110 valence electrons. The van der Waals surface area contributed by atoms with Crippen molar-refractivity contribution < 1.29 is 14.3 Å². The molecule has 1 aromatic heterocycles. The fourth-order valence-electron chi connectivity index (χ4n) is 1.82. The fraction of sp³-hybridized carbons (Fsp3) is 0.250. The molecule has 0 spiro atoms. The van der Waals surface area contributed by atoms with Crippen LogP contribution in [-0.2, 0) is 11.2 Å². The van der Waals surface area contributed by atoms with Crippen LogP contribution in [0.25, 0.3) is 0 Å². The largest absolute Gasteiger partial charge is 0.491 e. The van der Waals surface area contributed by atoms with Crippen LogP contribution in [-0.4, -0.2) is 18.8 Å². The Morgan fingerprint density at radius 2 is 2.24 bits per heavy atom. The van der Waals surface area contributed by atoms with Crippen LogP contribution in [0.1, 0.15) is 28.6 Å². The van der Waals surface area contributed by atoms with E-state index in [0.29, 0.717) is 30.0 Å². The number of nitrogens with one attached hydrogen (secondary N) is 1. The highest BCUT2D eigenvalue weighted by Gasteiger charge is 2.10. The number of anilines is 1. The molecule has 0 saturated carbocycles. The number of rotatable bonds is 7. The molecule has 0 saturated heterocycles. The van der Waals surface area contributed by atoms with Gasteiger partial charge in [-0.05, 0) is 36.1 Å². The van der Waals surface area contributed by atoms with Gasteiger partial charge in [0.2, 0.25) is 5.91 Å². The zero-order valence-electron chi connectivity index (χ0n) is 11.8. The molecule has 21 heavy (non-hydrogen) atoms. The van der Waals surface area contributed by atoms with Crippen molar-refractivity contribution >= 4 is 29.2 Å². The summed E-state index contributed by atoms with van der Waals surface area (Å²) < 4.78 is 5.59. The fourth-order valence-corrected chi connectivity index (χ4v) is 2.53. The van der Waals surface area contributed by atoms with Crippen LogP contribution in [0.4, 0.5) is 5.69 Å². The van der Waals surface area contributed by atoms with Crippen LogP contribution in [0, 0.1) is 0 Å². The standard InChI is InChI=1S/C16H17NO3S/c1-2-7-20-15-6-5-12(11-18)9-14(15)17-16(19)10-13-4-3-8-21-13/h3-6,8-9,11H,2,7,10H2,1H3,(H,17,19). The number of carbonyl (C=O) groups excluding carboxylic acids is 2. The number of thiophene rings is 1. The molecule has 0 radical (unpaired) electrons. The third-order valence-corrected chi connectivity index (χ3v) is 3.67. The van der Waals surface area contributed by atoms with Gasteiger partial charge in [-0.2, -0.15) is 0 Å². The Bertz CT molecular complexity index is 608. The number of amides is 1. The molecule has 0 fully saturated rings. The van der Waals surface area contributed by atoms with E-state index in [0.717, 1.165) is 17.6 Å². The smallest absolute Gasteiger partial charge is 0.229 e. The zero-order chi connectivity index (χ0) is 15.1. The van der Waals surface area contributed by atoms with Crippen LogP contribution in [0.5, 0.6) is 5.75 Å². The lowest BCUT2D eigenvalue weighted by molar-refractivity contribution is -0.115. The summed E-state index contributed by atoms with van der Waals surface area (Å²) in [4.78, 5) is 23.9. The van der Waals surface area contributed by atoms with Crippen molar-refractivity contribution in [1.82, 2.24) is 0 Å². The molecule has 1 amide bonds. The molecule has 1 N–H and O–H groups in total. The monoisotopic (exact) mass is 303 g/mol. The van der Waals surface area contributed by atoms with Gasteiger partial charge in [0.15, 0.2) is 0 Å². The first-order valence-corrected chi connectivity index (χ1v) is 7.65. The predicted molar refractivity (Wildman–Crippen MR) is 84.3 cm³/mol. The Morgan fingerprint density at radius 1 is 1.38 bits per heavy atom. The van der Waals surface area contributed by atoms with Gasteiger partial charge < -0.3 is 10.1 Å². The third kappa shape index (κ3) is 4.43.